The van der Waals surface area contributed by atoms with Crippen molar-refractivity contribution in [2.45, 2.75) is 12.7 Å². The molecule has 1 aliphatic heterocycles. The summed E-state index contributed by atoms with van der Waals surface area (Å²) < 4.78 is 42.6. The van der Waals surface area contributed by atoms with Gasteiger partial charge >= 0.3 is 12.1 Å². The summed E-state index contributed by atoms with van der Waals surface area (Å²) in [6, 6.07) is 12.6. The highest BCUT2D eigenvalue weighted by molar-refractivity contribution is 5.89. The van der Waals surface area contributed by atoms with Crippen molar-refractivity contribution in [3.63, 3.8) is 0 Å². The number of ether oxygens (including phenoxy) is 1. The van der Waals surface area contributed by atoms with Gasteiger partial charge in [0.1, 0.15) is 0 Å². The van der Waals surface area contributed by atoms with Crippen LogP contribution in [-0.2, 0) is 17.5 Å². The fourth-order valence-corrected chi connectivity index (χ4v) is 3.15. The Morgan fingerprint density at radius 1 is 0.963 bits per heavy atom. The maximum atomic E-state index is 12.6. The van der Waals surface area contributed by atoms with E-state index in [0.717, 1.165) is 49.6 Å². The summed E-state index contributed by atoms with van der Waals surface area (Å²) in [4.78, 5) is 15.9. The molecule has 3 rings (SSSR count). The number of hydrogen-bond donors (Lipinski definition) is 0. The molecular weight excluding hydrogens is 357 g/mol. The van der Waals surface area contributed by atoms with Gasteiger partial charge in [-0.1, -0.05) is 12.1 Å². The zero-order valence-corrected chi connectivity index (χ0v) is 15.0. The molecule has 0 unspecified atom stereocenters. The number of esters is 1. The highest BCUT2D eigenvalue weighted by Crippen LogP contribution is 2.29. The van der Waals surface area contributed by atoms with Crippen molar-refractivity contribution in [2.24, 2.45) is 0 Å². The number of anilines is 1. The molecule has 1 aliphatic rings. The minimum atomic E-state index is -4.30. The standard InChI is InChI=1S/C20H21F3N2O2/c1-27-19(26)16-4-8-18(9-5-16)25-12-10-24(11-13-25)14-15-2-6-17(7-3-15)20(21,22)23/h2-9H,10-14H2,1H3. The summed E-state index contributed by atoms with van der Waals surface area (Å²) in [5, 5.41) is 0. The van der Waals surface area contributed by atoms with Gasteiger partial charge < -0.3 is 9.64 Å². The topological polar surface area (TPSA) is 32.8 Å². The normalized spacial score (nSPS) is 15.6. The molecule has 0 bridgehead atoms. The first kappa shape index (κ1) is 19.2. The van der Waals surface area contributed by atoms with Gasteiger partial charge in [-0.2, -0.15) is 13.2 Å². The summed E-state index contributed by atoms with van der Waals surface area (Å²) >= 11 is 0. The molecule has 0 aliphatic carbocycles. The first-order valence-electron chi connectivity index (χ1n) is 8.68. The van der Waals surface area contributed by atoms with E-state index in [9.17, 15) is 18.0 Å². The van der Waals surface area contributed by atoms with Crippen LogP contribution in [0.3, 0.4) is 0 Å². The largest absolute Gasteiger partial charge is 0.465 e. The third-order valence-corrected chi connectivity index (χ3v) is 4.71. The lowest BCUT2D eigenvalue weighted by Crippen LogP contribution is -2.45. The van der Waals surface area contributed by atoms with Gasteiger partial charge in [0.05, 0.1) is 18.2 Å². The first-order chi connectivity index (χ1) is 12.9. The van der Waals surface area contributed by atoms with Gasteiger partial charge in [-0.05, 0) is 42.0 Å². The second-order valence-electron chi connectivity index (χ2n) is 6.50. The van der Waals surface area contributed by atoms with E-state index < -0.39 is 11.7 Å². The number of nitrogens with zero attached hydrogens (tertiary/aromatic N) is 2. The Morgan fingerprint density at radius 3 is 2.07 bits per heavy atom. The van der Waals surface area contributed by atoms with Gasteiger partial charge in [0, 0.05) is 38.4 Å². The minimum absolute atomic E-state index is 0.358. The number of halogens is 3. The Hall–Kier alpha value is -2.54. The fraction of sp³-hybridized carbons (Fsp3) is 0.350. The van der Waals surface area contributed by atoms with Crippen LogP contribution in [0.2, 0.25) is 0 Å². The lowest BCUT2D eigenvalue weighted by Gasteiger charge is -2.36. The number of piperazine rings is 1. The van der Waals surface area contributed by atoms with Crippen molar-refractivity contribution in [3.8, 4) is 0 Å². The molecule has 0 atom stereocenters. The average molecular weight is 378 g/mol. The number of benzene rings is 2. The molecule has 0 radical (unpaired) electrons. The lowest BCUT2D eigenvalue weighted by molar-refractivity contribution is -0.137. The van der Waals surface area contributed by atoms with Crippen molar-refractivity contribution in [1.82, 2.24) is 4.90 Å². The van der Waals surface area contributed by atoms with Gasteiger partial charge in [-0.3, -0.25) is 4.90 Å². The number of hydrogen-bond acceptors (Lipinski definition) is 4. The van der Waals surface area contributed by atoms with Crippen LogP contribution in [0.5, 0.6) is 0 Å². The molecule has 4 nitrogen and oxygen atoms in total. The Balaban J connectivity index is 1.53. The smallest absolute Gasteiger partial charge is 0.416 e. The van der Waals surface area contributed by atoms with Crippen LogP contribution in [0.1, 0.15) is 21.5 Å². The number of alkyl halides is 3. The Labute approximate surface area is 156 Å². The van der Waals surface area contributed by atoms with E-state index in [2.05, 4.69) is 9.80 Å². The van der Waals surface area contributed by atoms with E-state index in [-0.39, 0.29) is 5.97 Å². The van der Waals surface area contributed by atoms with Crippen LogP contribution in [0, 0.1) is 0 Å². The first-order valence-corrected chi connectivity index (χ1v) is 8.68. The summed E-state index contributed by atoms with van der Waals surface area (Å²) in [6.07, 6.45) is -4.30. The molecule has 1 heterocycles. The van der Waals surface area contributed by atoms with Gasteiger partial charge in [0.2, 0.25) is 0 Å². The summed E-state index contributed by atoms with van der Waals surface area (Å²) in [7, 11) is 1.35. The molecular formula is C20H21F3N2O2. The molecule has 1 saturated heterocycles. The predicted molar refractivity (Wildman–Crippen MR) is 96.7 cm³/mol. The summed E-state index contributed by atoms with van der Waals surface area (Å²) in [5.41, 5.74) is 1.81. The highest BCUT2D eigenvalue weighted by atomic mass is 19.4. The molecule has 27 heavy (non-hydrogen) atoms. The van der Waals surface area contributed by atoms with Crippen LogP contribution in [-0.4, -0.2) is 44.2 Å². The van der Waals surface area contributed by atoms with Crippen LogP contribution in [0.15, 0.2) is 48.5 Å². The molecule has 1 fully saturated rings. The van der Waals surface area contributed by atoms with E-state index in [0.29, 0.717) is 12.1 Å². The van der Waals surface area contributed by atoms with E-state index >= 15 is 0 Å². The molecule has 2 aromatic rings. The number of carbonyl (C=O) groups excluding carboxylic acids is 1. The molecule has 0 saturated carbocycles. The number of carbonyl (C=O) groups is 1. The van der Waals surface area contributed by atoms with E-state index in [1.54, 1.807) is 24.3 Å². The summed E-state index contributed by atoms with van der Waals surface area (Å²) in [6.45, 7) is 3.91. The van der Waals surface area contributed by atoms with Gasteiger partial charge in [-0.15, -0.1) is 0 Å². The number of rotatable bonds is 4. The second-order valence-corrected chi connectivity index (χ2v) is 6.50. The number of methoxy groups -OCH3 is 1. The van der Waals surface area contributed by atoms with Crippen LogP contribution >= 0.6 is 0 Å². The zero-order chi connectivity index (χ0) is 19.4. The quantitative estimate of drug-likeness (QED) is 0.758. The Morgan fingerprint density at radius 2 is 1.56 bits per heavy atom. The molecule has 7 heteroatoms. The lowest BCUT2D eigenvalue weighted by atomic mass is 10.1. The molecule has 0 spiro atoms. The third kappa shape index (κ3) is 4.80. The molecule has 2 aromatic carbocycles. The minimum Gasteiger partial charge on any atom is -0.465 e. The highest BCUT2D eigenvalue weighted by Gasteiger charge is 2.30. The van der Waals surface area contributed by atoms with Crippen molar-refractivity contribution in [2.75, 3.05) is 38.2 Å². The van der Waals surface area contributed by atoms with E-state index in [1.807, 2.05) is 12.1 Å². The van der Waals surface area contributed by atoms with Crippen molar-refractivity contribution in [3.05, 3.63) is 65.2 Å². The van der Waals surface area contributed by atoms with Crippen LogP contribution in [0.25, 0.3) is 0 Å². The predicted octanol–water partition coefficient (Wildman–Crippen LogP) is 3.81. The molecule has 144 valence electrons. The van der Waals surface area contributed by atoms with Crippen molar-refractivity contribution >= 4 is 11.7 Å². The molecule has 0 amide bonds. The van der Waals surface area contributed by atoms with Crippen molar-refractivity contribution in [1.29, 1.82) is 0 Å². The van der Waals surface area contributed by atoms with E-state index in [1.165, 1.54) is 7.11 Å². The van der Waals surface area contributed by atoms with Gasteiger partial charge in [0.25, 0.3) is 0 Å². The summed E-state index contributed by atoms with van der Waals surface area (Å²) in [5.74, 6) is -0.358. The van der Waals surface area contributed by atoms with Gasteiger partial charge in [0.15, 0.2) is 0 Å². The maximum Gasteiger partial charge on any atom is 0.416 e. The second kappa shape index (κ2) is 8.00. The molecule has 0 aromatic heterocycles. The van der Waals surface area contributed by atoms with Gasteiger partial charge in [-0.25, -0.2) is 4.79 Å². The monoisotopic (exact) mass is 378 g/mol. The van der Waals surface area contributed by atoms with E-state index in [4.69, 9.17) is 4.74 Å². The third-order valence-electron chi connectivity index (χ3n) is 4.71. The van der Waals surface area contributed by atoms with Crippen molar-refractivity contribution < 1.29 is 22.7 Å². The van der Waals surface area contributed by atoms with Crippen LogP contribution < -0.4 is 4.90 Å². The Bertz CT molecular complexity index is 765. The zero-order valence-electron chi connectivity index (χ0n) is 15.0. The fourth-order valence-electron chi connectivity index (χ4n) is 3.15. The average Bonchev–Trinajstić information content (AvgIpc) is 2.68. The SMILES string of the molecule is COC(=O)c1ccc(N2CCN(Cc3ccc(C(F)(F)F)cc3)CC2)cc1. The maximum absolute atomic E-state index is 12.6. The van der Waals surface area contributed by atoms with Crippen LogP contribution in [0.4, 0.5) is 18.9 Å². The molecule has 0 N–H and O–H groups in total. The Kier molecular flexibility index (Phi) is 5.70.